The van der Waals surface area contributed by atoms with Gasteiger partial charge in [0, 0.05) is 90.5 Å². The van der Waals surface area contributed by atoms with Crippen LogP contribution in [0, 0.1) is 13.8 Å². The summed E-state index contributed by atoms with van der Waals surface area (Å²) in [7, 11) is 4.79. The third kappa shape index (κ3) is 11.3. The zero-order valence-electron chi connectivity index (χ0n) is 48.7. The highest BCUT2D eigenvalue weighted by Gasteiger charge is 2.37. The number of carbonyl (C=O) groups excluding carboxylic acids is 4. The molecule has 0 bridgehead atoms. The molecule has 0 amide bonds. The van der Waals surface area contributed by atoms with Gasteiger partial charge < -0.3 is 38.2 Å². The summed E-state index contributed by atoms with van der Waals surface area (Å²) in [6.07, 6.45) is 10.7. The van der Waals surface area contributed by atoms with Gasteiger partial charge in [0.2, 0.25) is 0 Å². The quantitative estimate of drug-likeness (QED) is 0.0753. The zero-order chi connectivity index (χ0) is 56.8. The predicted molar refractivity (Wildman–Crippen MR) is 311 cm³/mol. The maximum Gasteiger partial charge on any atom is 0.419 e. The number of benzene rings is 4. The number of aromatic nitrogens is 2. The van der Waals surface area contributed by atoms with Crippen LogP contribution >= 0.6 is 0 Å². The van der Waals surface area contributed by atoms with Crippen LogP contribution in [0.15, 0.2) is 73.1 Å². The van der Waals surface area contributed by atoms with Crippen LogP contribution in [-0.2, 0) is 32.0 Å². The lowest BCUT2D eigenvalue weighted by Gasteiger charge is -2.45. The maximum atomic E-state index is 14.3. The van der Waals surface area contributed by atoms with Crippen LogP contribution in [0.2, 0.25) is 0 Å². The molecule has 4 saturated heterocycles. The third-order valence-electron chi connectivity index (χ3n) is 16.5. The number of rotatable bonds is 14. The monoisotopic (exact) mass is 1090 g/mol. The van der Waals surface area contributed by atoms with Crippen LogP contribution in [-0.4, -0.2) is 121 Å². The van der Waals surface area contributed by atoms with Gasteiger partial charge in [0.25, 0.3) is 0 Å². The van der Waals surface area contributed by atoms with Crippen molar-refractivity contribution in [3.05, 3.63) is 118 Å². The molecule has 80 heavy (non-hydrogen) atoms. The van der Waals surface area contributed by atoms with Crippen LogP contribution in [0.5, 0.6) is 11.5 Å². The predicted octanol–water partition coefficient (Wildman–Crippen LogP) is 12.7. The van der Waals surface area contributed by atoms with Crippen molar-refractivity contribution in [2.45, 2.75) is 149 Å². The Morgan fingerprint density at radius 2 is 1.04 bits per heavy atom. The average molecular weight is 1090 g/mol. The number of methoxy groups -OCH3 is 3. The molecular weight excluding hydrogens is 1010 g/mol. The summed E-state index contributed by atoms with van der Waals surface area (Å²) in [6.45, 7) is 20.8. The summed E-state index contributed by atoms with van der Waals surface area (Å²) < 4.78 is 38.4. The Bertz CT molecular complexity index is 3320. The highest BCUT2D eigenvalue weighted by atomic mass is 16.6. The van der Waals surface area contributed by atoms with Gasteiger partial charge in [-0.2, -0.15) is 0 Å². The summed E-state index contributed by atoms with van der Waals surface area (Å²) in [5, 5.41) is 1.89. The molecule has 1 unspecified atom stereocenters. The van der Waals surface area contributed by atoms with Crippen molar-refractivity contribution in [2.75, 3.05) is 70.5 Å². The summed E-state index contributed by atoms with van der Waals surface area (Å²) in [6, 6.07) is 19.9. The fourth-order valence-electron chi connectivity index (χ4n) is 12.5. The molecule has 3 atom stereocenters. The first kappa shape index (κ1) is 56.2. The van der Waals surface area contributed by atoms with Crippen LogP contribution in [0.1, 0.15) is 159 Å². The molecule has 4 aliphatic heterocycles. The minimum atomic E-state index is -0.656. The molecule has 4 aromatic carbocycles. The molecule has 0 spiro atoms. The van der Waals surface area contributed by atoms with E-state index in [0.29, 0.717) is 24.2 Å². The Labute approximate surface area is 470 Å². The Morgan fingerprint density at radius 3 is 1.48 bits per heavy atom. The van der Waals surface area contributed by atoms with Crippen molar-refractivity contribution in [1.82, 2.24) is 18.9 Å². The average Bonchev–Trinajstić information content (AvgIpc) is 4.15. The smallest absolute Gasteiger partial charge is 0.419 e. The van der Waals surface area contributed by atoms with E-state index in [1.807, 2.05) is 104 Å². The highest BCUT2D eigenvalue weighted by Crippen LogP contribution is 2.45. The van der Waals surface area contributed by atoms with Gasteiger partial charge in [0.05, 0.1) is 49.5 Å². The van der Waals surface area contributed by atoms with Gasteiger partial charge in [-0.05, 0) is 178 Å². The first-order valence-electron chi connectivity index (χ1n) is 28.6. The molecule has 4 aliphatic rings. The van der Waals surface area contributed by atoms with Crippen LogP contribution in [0.4, 0.5) is 21.0 Å². The summed E-state index contributed by atoms with van der Waals surface area (Å²) in [5.41, 5.74) is 9.42. The molecule has 16 heteroatoms. The summed E-state index contributed by atoms with van der Waals surface area (Å²) in [5.74, 6) is 0.757. The van der Waals surface area contributed by atoms with E-state index in [2.05, 4.69) is 31.7 Å². The van der Waals surface area contributed by atoms with Gasteiger partial charge in [-0.15, -0.1) is 0 Å². The molecule has 6 aromatic rings. The molecule has 16 nitrogen and oxygen atoms in total. The van der Waals surface area contributed by atoms with Crippen molar-refractivity contribution in [3.63, 3.8) is 0 Å². The van der Waals surface area contributed by atoms with Crippen molar-refractivity contribution in [3.8, 4) is 11.5 Å². The van der Waals surface area contributed by atoms with Crippen molar-refractivity contribution < 1.29 is 47.6 Å². The molecule has 10 rings (SSSR count). The van der Waals surface area contributed by atoms with E-state index < -0.39 is 29.4 Å². The lowest BCUT2D eigenvalue weighted by Crippen LogP contribution is -2.51. The van der Waals surface area contributed by atoms with Crippen molar-refractivity contribution >= 4 is 57.3 Å². The molecule has 4 fully saturated rings. The number of anilines is 2. The van der Waals surface area contributed by atoms with Crippen molar-refractivity contribution in [1.29, 1.82) is 0 Å². The first-order chi connectivity index (χ1) is 38.2. The van der Waals surface area contributed by atoms with Gasteiger partial charge in [-0.25, -0.2) is 19.2 Å². The van der Waals surface area contributed by atoms with Crippen molar-refractivity contribution in [2.24, 2.45) is 0 Å². The van der Waals surface area contributed by atoms with E-state index in [0.717, 1.165) is 157 Å². The molecule has 0 N–H and O–H groups in total. The number of carbonyl (C=O) groups is 4. The van der Waals surface area contributed by atoms with Gasteiger partial charge in [-0.1, -0.05) is 25.0 Å². The van der Waals surface area contributed by atoms with Gasteiger partial charge in [-0.3, -0.25) is 18.9 Å². The van der Waals surface area contributed by atoms with E-state index in [9.17, 15) is 19.2 Å². The van der Waals surface area contributed by atoms with E-state index in [1.54, 1.807) is 35.7 Å². The largest absolute Gasteiger partial charge is 0.496 e. The Hall–Kier alpha value is -7.04. The minimum absolute atomic E-state index is 0.00661. The maximum absolute atomic E-state index is 14.3. The molecule has 6 heterocycles. The molecule has 0 aliphatic carbocycles. The fourth-order valence-corrected chi connectivity index (χ4v) is 12.5. The van der Waals surface area contributed by atoms with Gasteiger partial charge >= 0.3 is 24.1 Å². The van der Waals surface area contributed by atoms with E-state index in [4.69, 9.17) is 28.4 Å². The van der Waals surface area contributed by atoms with E-state index >= 15 is 0 Å². The molecule has 0 saturated carbocycles. The number of hydrogen-bond donors (Lipinski definition) is 0. The zero-order valence-corrected chi connectivity index (χ0v) is 48.7. The first-order valence-corrected chi connectivity index (χ1v) is 28.6. The molecular formula is C64H80N6O10. The Balaban J connectivity index is 0.890. The standard InChI is InChI=1S/C64H80N6O10/c1-40-33-55(75-9)49(45-24-31-69(57(40)45)61(73)79-63(3,4)5)37-66-26-14-12-17-51(66)47-21-20-43(35-53(47)65-28-16-29-65)60(72)78-39-44-23-30-68(44)54-36-42(59(71)77-11)19-22-48(54)52-18-13-15-27-67(52)38-50-46-25-32-70(62(74)80-64(6,7)8)58(46)41(2)34-56(50)76-10/h19-22,24-25,31-36,44,51-52H,12-18,23,26-30,37-39H2,1-11H3/t44?,51-,52+/m0/s1. The third-order valence-corrected chi connectivity index (χ3v) is 16.5. The second-order valence-electron chi connectivity index (χ2n) is 24.2. The SMILES string of the molecule is COC(=O)c1ccc([C@H]2CCCCN2Cc2c(OC)cc(C)c3c2ccn3C(=O)OC(C)(C)C)c(N2CCC2COC(=O)c2ccc([C@@H]3CCCCN3Cc3c(OC)cc(C)c4c3ccn4C(=O)OC(C)(C)C)c(N3CCC3)c2)c1. The minimum Gasteiger partial charge on any atom is -0.496 e. The summed E-state index contributed by atoms with van der Waals surface area (Å²) >= 11 is 0. The molecule has 426 valence electrons. The lowest BCUT2D eigenvalue weighted by atomic mass is 9.90. The number of hydrogen-bond acceptors (Lipinski definition) is 14. The van der Waals surface area contributed by atoms with Gasteiger partial charge in [0.1, 0.15) is 29.3 Å². The number of nitrogens with zero attached hydrogens (tertiary/aromatic N) is 6. The van der Waals surface area contributed by atoms with Crippen LogP contribution in [0.3, 0.4) is 0 Å². The molecule has 0 radical (unpaired) electrons. The second-order valence-corrected chi connectivity index (χ2v) is 24.2. The molecule has 2 aromatic heterocycles. The second kappa shape index (κ2) is 22.8. The number of esters is 2. The normalized spacial score (nSPS) is 19.1. The number of likely N-dealkylation sites (tertiary alicyclic amines) is 2. The Kier molecular flexibility index (Phi) is 16.1. The van der Waals surface area contributed by atoms with Crippen LogP contribution < -0.4 is 19.3 Å². The number of fused-ring (bicyclic) bond motifs is 2. The van der Waals surface area contributed by atoms with Crippen LogP contribution in [0.25, 0.3) is 21.8 Å². The topological polar surface area (TPSA) is 146 Å². The highest BCUT2D eigenvalue weighted by molar-refractivity contribution is 5.97. The number of aryl methyl sites for hydroxylation is 2. The van der Waals surface area contributed by atoms with Gasteiger partial charge in [0.15, 0.2) is 0 Å². The number of ether oxygens (including phenoxy) is 6. The fraction of sp³-hybridized carbons (Fsp3) is 0.500. The Morgan fingerprint density at radius 1 is 0.550 bits per heavy atom. The number of piperidine rings is 2. The summed E-state index contributed by atoms with van der Waals surface area (Å²) in [4.78, 5) is 64.1. The lowest BCUT2D eigenvalue weighted by molar-refractivity contribution is 0.0451. The van der Waals surface area contributed by atoms with E-state index in [1.165, 1.54) is 12.7 Å². The van der Waals surface area contributed by atoms with E-state index in [-0.39, 0.29) is 30.7 Å².